The van der Waals surface area contributed by atoms with Crippen LogP contribution in [-0.2, 0) is 14.3 Å². The van der Waals surface area contributed by atoms with Gasteiger partial charge in [0.15, 0.2) is 0 Å². The number of carboxylic acids is 1. The van der Waals surface area contributed by atoms with Gasteiger partial charge in [-0.1, -0.05) is 168 Å². The Morgan fingerprint density at radius 3 is 1.07 bits per heavy atom. The summed E-state index contributed by atoms with van der Waals surface area (Å²) in [5, 5.41) is 8.79. The lowest BCUT2D eigenvalue weighted by Crippen LogP contribution is -2.18. The van der Waals surface area contributed by atoms with Crippen molar-refractivity contribution in [1.29, 1.82) is 0 Å². The molecule has 0 aromatic carbocycles. The molecule has 0 aliphatic heterocycles. The molecule has 0 saturated heterocycles. The molecule has 4 heteroatoms. The zero-order valence-electron chi connectivity index (χ0n) is 27.9. The molecule has 41 heavy (non-hydrogen) atoms. The second kappa shape index (κ2) is 33.4. The zero-order chi connectivity index (χ0) is 30.1. The Kier molecular flexibility index (Phi) is 32.6. The van der Waals surface area contributed by atoms with Gasteiger partial charge in [-0.15, -0.1) is 0 Å². The SMILES string of the molecule is CCCCCCCCCCCCCCCCCCCCC(=O)OC(CCCCCCCC)CCCCCCC(=O)O. The minimum absolute atomic E-state index is 0.0108. The number of aliphatic carboxylic acids is 1. The maximum Gasteiger partial charge on any atom is 0.306 e. The van der Waals surface area contributed by atoms with E-state index in [2.05, 4.69) is 13.8 Å². The van der Waals surface area contributed by atoms with Crippen LogP contribution in [0.25, 0.3) is 0 Å². The Hall–Kier alpha value is -1.06. The average Bonchev–Trinajstić information content (AvgIpc) is 2.95. The number of carbonyl (C=O) groups excluding carboxylic acids is 1. The predicted octanol–water partition coefficient (Wildman–Crippen LogP) is 12.5. The molecule has 0 aromatic heterocycles. The Balaban J connectivity index is 3.75. The molecule has 1 unspecified atom stereocenters. The van der Waals surface area contributed by atoms with E-state index in [1.807, 2.05) is 0 Å². The van der Waals surface area contributed by atoms with E-state index in [9.17, 15) is 9.59 Å². The van der Waals surface area contributed by atoms with Crippen molar-refractivity contribution in [2.75, 3.05) is 0 Å². The predicted molar refractivity (Wildman–Crippen MR) is 177 cm³/mol. The zero-order valence-corrected chi connectivity index (χ0v) is 27.9. The molecule has 0 aliphatic rings. The summed E-state index contributed by atoms with van der Waals surface area (Å²) in [7, 11) is 0. The van der Waals surface area contributed by atoms with Gasteiger partial charge in [0.1, 0.15) is 6.10 Å². The van der Waals surface area contributed by atoms with E-state index >= 15 is 0 Å². The van der Waals surface area contributed by atoms with Crippen LogP contribution < -0.4 is 0 Å². The van der Waals surface area contributed by atoms with Crippen LogP contribution in [0.2, 0.25) is 0 Å². The van der Waals surface area contributed by atoms with Gasteiger partial charge in [0.05, 0.1) is 0 Å². The molecule has 0 fully saturated rings. The fourth-order valence-corrected chi connectivity index (χ4v) is 5.83. The molecule has 0 heterocycles. The fourth-order valence-electron chi connectivity index (χ4n) is 5.83. The number of carbonyl (C=O) groups is 2. The molecule has 0 saturated carbocycles. The van der Waals surface area contributed by atoms with E-state index in [1.165, 1.54) is 135 Å². The fraction of sp³-hybridized carbons (Fsp3) is 0.946. The number of ether oxygens (including phenoxy) is 1. The van der Waals surface area contributed by atoms with Crippen LogP contribution in [0.15, 0.2) is 0 Å². The first-order chi connectivity index (χ1) is 20.1. The van der Waals surface area contributed by atoms with Crippen LogP contribution in [0.1, 0.15) is 219 Å². The highest BCUT2D eigenvalue weighted by Gasteiger charge is 2.14. The second-order valence-electron chi connectivity index (χ2n) is 12.8. The molecule has 1 N–H and O–H groups in total. The highest BCUT2D eigenvalue weighted by Crippen LogP contribution is 2.19. The summed E-state index contributed by atoms with van der Waals surface area (Å²) in [6.07, 6.45) is 38.4. The normalized spacial score (nSPS) is 12.0. The summed E-state index contributed by atoms with van der Waals surface area (Å²) in [6, 6.07) is 0. The van der Waals surface area contributed by atoms with E-state index < -0.39 is 5.97 Å². The molecule has 244 valence electrons. The molecule has 0 aliphatic carbocycles. The Morgan fingerprint density at radius 1 is 0.439 bits per heavy atom. The number of hydrogen-bond acceptors (Lipinski definition) is 3. The molecule has 0 bridgehead atoms. The van der Waals surface area contributed by atoms with Crippen molar-refractivity contribution in [3.05, 3.63) is 0 Å². The summed E-state index contributed by atoms with van der Waals surface area (Å²) in [5.41, 5.74) is 0. The van der Waals surface area contributed by atoms with Crippen LogP contribution in [0.3, 0.4) is 0 Å². The van der Waals surface area contributed by atoms with Crippen LogP contribution in [0.5, 0.6) is 0 Å². The van der Waals surface area contributed by atoms with Gasteiger partial charge in [-0.25, -0.2) is 0 Å². The first kappa shape index (κ1) is 39.9. The van der Waals surface area contributed by atoms with E-state index in [-0.39, 0.29) is 18.5 Å². The third-order valence-electron chi connectivity index (χ3n) is 8.58. The highest BCUT2D eigenvalue weighted by atomic mass is 16.5. The summed E-state index contributed by atoms with van der Waals surface area (Å²) in [6.45, 7) is 4.53. The monoisotopic (exact) mass is 581 g/mol. The van der Waals surface area contributed by atoms with Gasteiger partial charge in [-0.05, 0) is 38.5 Å². The van der Waals surface area contributed by atoms with Gasteiger partial charge in [0, 0.05) is 12.8 Å². The Morgan fingerprint density at radius 2 is 0.732 bits per heavy atom. The van der Waals surface area contributed by atoms with Crippen molar-refractivity contribution in [2.24, 2.45) is 0 Å². The van der Waals surface area contributed by atoms with Crippen LogP contribution >= 0.6 is 0 Å². The Labute approximate surface area is 256 Å². The van der Waals surface area contributed by atoms with Crippen LogP contribution in [0.4, 0.5) is 0 Å². The largest absolute Gasteiger partial charge is 0.481 e. The maximum atomic E-state index is 12.5. The number of unbranched alkanes of at least 4 members (excludes halogenated alkanes) is 25. The lowest BCUT2D eigenvalue weighted by atomic mass is 10.0. The van der Waals surface area contributed by atoms with Crippen LogP contribution in [0, 0.1) is 0 Å². The maximum absolute atomic E-state index is 12.5. The molecule has 4 nitrogen and oxygen atoms in total. The van der Waals surface area contributed by atoms with Crippen molar-refractivity contribution in [3.8, 4) is 0 Å². The van der Waals surface area contributed by atoms with Gasteiger partial charge >= 0.3 is 11.9 Å². The van der Waals surface area contributed by atoms with Crippen molar-refractivity contribution < 1.29 is 19.4 Å². The molecule has 0 spiro atoms. The third-order valence-corrected chi connectivity index (χ3v) is 8.58. The van der Waals surface area contributed by atoms with E-state index in [0.29, 0.717) is 6.42 Å². The first-order valence-electron chi connectivity index (χ1n) is 18.5. The number of rotatable bonds is 34. The molecule has 0 amide bonds. The minimum atomic E-state index is -0.709. The third kappa shape index (κ3) is 33.3. The number of esters is 1. The van der Waals surface area contributed by atoms with Gasteiger partial charge in [0.25, 0.3) is 0 Å². The van der Waals surface area contributed by atoms with Crippen molar-refractivity contribution >= 4 is 11.9 Å². The van der Waals surface area contributed by atoms with E-state index in [4.69, 9.17) is 9.84 Å². The minimum Gasteiger partial charge on any atom is -0.481 e. The van der Waals surface area contributed by atoms with Gasteiger partial charge < -0.3 is 9.84 Å². The molecule has 0 radical (unpaired) electrons. The topological polar surface area (TPSA) is 63.6 Å². The van der Waals surface area contributed by atoms with Crippen LogP contribution in [-0.4, -0.2) is 23.1 Å². The van der Waals surface area contributed by atoms with Gasteiger partial charge in [-0.3, -0.25) is 9.59 Å². The summed E-state index contributed by atoms with van der Waals surface area (Å²) in [5.74, 6) is -0.720. The molecule has 0 rings (SSSR count). The molecular formula is C37H72O4. The Bertz CT molecular complexity index is 547. The number of hydrogen-bond donors (Lipinski definition) is 1. The molecular weight excluding hydrogens is 508 g/mol. The summed E-state index contributed by atoms with van der Waals surface area (Å²) < 4.78 is 5.92. The van der Waals surface area contributed by atoms with Gasteiger partial charge in [-0.2, -0.15) is 0 Å². The smallest absolute Gasteiger partial charge is 0.306 e. The van der Waals surface area contributed by atoms with Crippen molar-refractivity contribution in [2.45, 2.75) is 225 Å². The number of carboxylic acid groups (broad SMARTS) is 1. The summed E-state index contributed by atoms with van der Waals surface area (Å²) >= 11 is 0. The highest BCUT2D eigenvalue weighted by molar-refractivity contribution is 5.69. The second-order valence-corrected chi connectivity index (χ2v) is 12.8. The quantitative estimate of drug-likeness (QED) is 0.0607. The lowest BCUT2D eigenvalue weighted by Gasteiger charge is -2.18. The van der Waals surface area contributed by atoms with Crippen molar-refractivity contribution in [1.82, 2.24) is 0 Å². The molecule has 1 atom stereocenters. The summed E-state index contributed by atoms with van der Waals surface area (Å²) in [4.78, 5) is 23.2. The standard InChI is InChI=1S/C37H72O4/c1-3-5-7-9-11-12-13-14-15-16-17-18-19-20-21-22-24-30-34-37(40)41-35(31-27-23-10-8-6-4-2)32-28-25-26-29-33-36(38)39/h35H,3-34H2,1-2H3,(H,38,39). The van der Waals surface area contributed by atoms with E-state index in [0.717, 1.165) is 57.8 Å². The average molecular weight is 581 g/mol. The molecule has 0 aromatic rings. The first-order valence-corrected chi connectivity index (χ1v) is 18.5. The van der Waals surface area contributed by atoms with Crippen molar-refractivity contribution in [3.63, 3.8) is 0 Å². The van der Waals surface area contributed by atoms with Gasteiger partial charge in [0.2, 0.25) is 0 Å². The lowest BCUT2D eigenvalue weighted by molar-refractivity contribution is -0.150. The van der Waals surface area contributed by atoms with E-state index in [1.54, 1.807) is 0 Å².